The Morgan fingerprint density at radius 3 is 2.43 bits per heavy atom. The summed E-state index contributed by atoms with van der Waals surface area (Å²) in [5.41, 5.74) is 2.55. The molecule has 2 amide bonds. The van der Waals surface area contributed by atoms with Gasteiger partial charge < -0.3 is 9.80 Å². The summed E-state index contributed by atoms with van der Waals surface area (Å²) in [6, 6.07) is 17.3. The van der Waals surface area contributed by atoms with Gasteiger partial charge in [-0.15, -0.1) is 0 Å². The van der Waals surface area contributed by atoms with Gasteiger partial charge in [0.15, 0.2) is 11.6 Å². The Labute approximate surface area is 218 Å². The average Bonchev–Trinajstić information content (AvgIpc) is 3.16. The van der Waals surface area contributed by atoms with E-state index in [-0.39, 0.29) is 24.3 Å². The summed E-state index contributed by atoms with van der Waals surface area (Å²) in [4.78, 5) is 45.3. The summed E-state index contributed by atoms with van der Waals surface area (Å²) < 4.78 is 0. The molecule has 0 aliphatic carbocycles. The van der Waals surface area contributed by atoms with Crippen molar-refractivity contribution in [3.8, 4) is 11.4 Å². The van der Waals surface area contributed by atoms with Crippen molar-refractivity contribution in [2.75, 3.05) is 56.1 Å². The summed E-state index contributed by atoms with van der Waals surface area (Å²) in [5.74, 6) is 0.768. The number of carbonyl (C=O) groups excluding carboxylic acids is 2. The van der Waals surface area contributed by atoms with E-state index in [2.05, 4.69) is 35.7 Å². The Balaban J connectivity index is 1.63. The zero-order chi connectivity index (χ0) is 25.9. The van der Waals surface area contributed by atoms with Gasteiger partial charge in [-0.1, -0.05) is 56.3 Å². The molecule has 3 aromatic rings. The highest BCUT2D eigenvalue weighted by Crippen LogP contribution is 2.40. The maximum Gasteiger partial charge on any atom is 0.263 e. The smallest absolute Gasteiger partial charge is 0.263 e. The molecule has 8 nitrogen and oxygen atoms in total. The van der Waals surface area contributed by atoms with E-state index in [0.29, 0.717) is 35.1 Å². The summed E-state index contributed by atoms with van der Waals surface area (Å²) >= 11 is 0. The molecule has 8 heteroatoms. The van der Waals surface area contributed by atoms with Crippen molar-refractivity contribution in [3.63, 3.8) is 0 Å². The third-order valence-corrected chi connectivity index (χ3v) is 6.87. The number of carbonyl (C=O) groups is 2. The van der Waals surface area contributed by atoms with Crippen LogP contribution in [-0.2, 0) is 4.79 Å². The molecule has 2 aliphatic heterocycles. The molecule has 0 radical (unpaired) electrons. The summed E-state index contributed by atoms with van der Waals surface area (Å²) in [6.07, 6.45) is 2.59. The van der Waals surface area contributed by atoms with Crippen LogP contribution >= 0.6 is 0 Å². The van der Waals surface area contributed by atoms with Gasteiger partial charge in [0.25, 0.3) is 5.91 Å². The summed E-state index contributed by atoms with van der Waals surface area (Å²) in [7, 11) is 2.11. The first kappa shape index (κ1) is 25.0. The van der Waals surface area contributed by atoms with Crippen LogP contribution in [0.5, 0.6) is 0 Å². The van der Waals surface area contributed by atoms with E-state index in [1.54, 1.807) is 16.0 Å². The van der Waals surface area contributed by atoms with Gasteiger partial charge in [0.05, 0.1) is 17.9 Å². The van der Waals surface area contributed by atoms with Crippen molar-refractivity contribution in [1.82, 2.24) is 19.8 Å². The zero-order valence-electron chi connectivity index (χ0n) is 21.8. The highest BCUT2D eigenvalue weighted by atomic mass is 16.2. The van der Waals surface area contributed by atoms with Gasteiger partial charge >= 0.3 is 0 Å². The standard InChI is InChI=1S/C29H34N6O2/c1-21(2)19-34-24-12-7-8-13-25(24)35(26(36)20-33-15-9-14-32(3)16-17-33)28-23(29(34)37)18-30-27(31-28)22-10-5-4-6-11-22/h4-8,10-13,18,21H,9,14-17,19-20H2,1-3H3. The van der Waals surface area contributed by atoms with E-state index in [9.17, 15) is 9.59 Å². The van der Waals surface area contributed by atoms with Crippen molar-refractivity contribution in [3.05, 3.63) is 66.4 Å². The lowest BCUT2D eigenvalue weighted by molar-refractivity contribution is -0.119. The van der Waals surface area contributed by atoms with Crippen LogP contribution in [0.1, 0.15) is 30.6 Å². The molecule has 0 spiro atoms. The topological polar surface area (TPSA) is 72.9 Å². The minimum atomic E-state index is -0.192. The first-order chi connectivity index (χ1) is 17.9. The minimum Gasteiger partial charge on any atom is -0.306 e. The number of aromatic nitrogens is 2. The van der Waals surface area contributed by atoms with Crippen LogP contribution in [0.2, 0.25) is 0 Å². The molecule has 1 saturated heterocycles. The van der Waals surface area contributed by atoms with Crippen molar-refractivity contribution in [1.29, 1.82) is 0 Å². The molecule has 0 saturated carbocycles. The maximum absolute atomic E-state index is 14.1. The van der Waals surface area contributed by atoms with Crippen molar-refractivity contribution in [2.45, 2.75) is 20.3 Å². The number of benzene rings is 2. The summed E-state index contributed by atoms with van der Waals surface area (Å²) in [6.45, 7) is 8.55. The molecule has 2 aliphatic rings. The van der Waals surface area contributed by atoms with Crippen LogP contribution in [-0.4, -0.2) is 77.9 Å². The molecule has 3 heterocycles. The van der Waals surface area contributed by atoms with E-state index in [0.717, 1.165) is 38.2 Å². The van der Waals surface area contributed by atoms with E-state index in [1.807, 2.05) is 54.6 Å². The highest BCUT2D eigenvalue weighted by molar-refractivity contribution is 6.18. The number of fused-ring (bicyclic) bond motifs is 2. The second kappa shape index (κ2) is 10.8. The number of hydrogen-bond donors (Lipinski definition) is 0. The van der Waals surface area contributed by atoms with E-state index < -0.39 is 0 Å². The second-order valence-electron chi connectivity index (χ2n) is 10.3. The summed E-state index contributed by atoms with van der Waals surface area (Å²) in [5, 5.41) is 0. The molecule has 0 N–H and O–H groups in total. The number of likely N-dealkylation sites (N-methyl/N-ethyl adjacent to an activating group) is 1. The van der Waals surface area contributed by atoms with E-state index in [4.69, 9.17) is 4.98 Å². The zero-order valence-corrected chi connectivity index (χ0v) is 21.8. The average molecular weight is 499 g/mol. The third-order valence-electron chi connectivity index (χ3n) is 6.87. The fourth-order valence-corrected chi connectivity index (χ4v) is 4.99. The number of para-hydroxylation sites is 2. The molecule has 0 atom stereocenters. The molecule has 2 aromatic carbocycles. The molecule has 0 bridgehead atoms. The lowest BCUT2D eigenvalue weighted by atomic mass is 10.1. The van der Waals surface area contributed by atoms with Crippen LogP contribution in [0.25, 0.3) is 11.4 Å². The lowest BCUT2D eigenvalue weighted by Gasteiger charge is -2.28. The molecule has 192 valence electrons. The number of nitrogens with zero attached hydrogens (tertiary/aromatic N) is 6. The van der Waals surface area contributed by atoms with E-state index in [1.165, 1.54) is 0 Å². The second-order valence-corrected chi connectivity index (χ2v) is 10.3. The predicted molar refractivity (Wildman–Crippen MR) is 146 cm³/mol. The van der Waals surface area contributed by atoms with Gasteiger partial charge in [0, 0.05) is 31.4 Å². The maximum atomic E-state index is 14.1. The molecule has 1 aromatic heterocycles. The third kappa shape index (κ3) is 5.26. The quantitative estimate of drug-likeness (QED) is 0.528. The molecule has 1 fully saturated rings. The monoisotopic (exact) mass is 498 g/mol. The molecular formula is C29H34N6O2. The van der Waals surface area contributed by atoms with Gasteiger partial charge in [-0.3, -0.25) is 19.4 Å². The Morgan fingerprint density at radius 1 is 0.946 bits per heavy atom. The largest absolute Gasteiger partial charge is 0.306 e. The van der Waals surface area contributed by atoms with Gasteiger partial charge in [0.2, 0.25) is 5.91 Å². The predicted octanol–water partition coefficient (Wildman–Crippen LogP) is 4.06. The first-order valence-electron chi connectivity index (χ1n) is 13.0. The van der Waals surface area contributed by atoms with E-state index >= 15 is 0 Å². The Bertz CT molecular complexity index is 1280. The molecule has 5 rings (SSSR count). The SMILES string of the molecule is CC(C)CN1C(=O)c2cnc(-c3ccccc3)nc2N(C(=O)CN2CCCN(C)CC2)c2ccccc21. The highest BCUT2D eigenvalue weighted by Gasteiger charge is 2.36. The number of anilines is 3. The lowest BCUT2D eigenvalue weighted by Crippen LogP contribution is -2.40. The van der Waals surface area contributed by atoms with Crippen LogP contribution in [0.4, 0.5) is 17.2 Å². The van der Waals surface area contributed by atoms with Crippen molar-refractivity contribution < 1.29 is 9.59 Å². The van der Waals surface area contributed by atoms with Crippen molar-refractivity contribution >= 4 is 29.0 Å². The van der Waals surface area contributed by atoms with Gasteiger partial charge in [0.1, 0.15) is 5.56 Å². The number of amides is 2. The van der Waals surface area contributed by atoms with Gasteiger partial charge in [-0.05, 0) is 44.6 Å². The minimum absolute atomic E-state index is 0.102. The van der Waals surface area contributed by atoms with Gasteiger partial charge in [-0.25, -0.2) is 9.97 Å². The van der Waals surface area contributed by atoms with Crippen LogP contribution in [0.3, 0.4) is 0 Å². The molecule has 37 heavy (non-hydrogen) atoms. The molecule has 0 unspecified atom stereocenters. The normalized spacial score (nSPS) is 16.8. The fourth-order valence-electron chi connectivity index (χ4n) is 4.99. The van der Waals surface area contributed by atoms with Crippen LogP contribution in [0.15, 0.2) is 60.8 Å². The molecular weight excluding hydrogens is 464 g/mol. The Hall–Kier alpha value is -3.62. The fraction of sp³-hybridized carbons (Fsp3) is 0.379. The van der Waals surface area contributed by atoms with Gasteiger partial charge in [-0.2, -0.15) is 0 Å². The number of rotatable bonds is 5. The van der Waals surface area contributed by atoms with Crippen molar-refractivity contribution in [2.24, 2.45) is 5.92 Å². The Morgan fingerprint density at radius 2 is 1.68 bits per heavy atom. The van der Waals surface area contributed by atoms with Crippen LogP contribution in [0, 0.1) is 5.92 Å². The van der Waals surface area contributed by atoms with Crippen LogP contribution < -0.4 is 9.80 Å². The Kier molecular flexibility index (Phi) is 7.30. The first-order valence-corrected chi connectivity index (χ1v) is 13.0. The number of hydrogen-bond acceptors (Lipinski definition) is 6.